The molecule has 1 rings (SSSR count). The molecule has 0 unspecified atom stereocenters. The van der Waals surface area contributed by atoms with Gasteiger partial charge in [0.25, 0.3) is 0 Å². The first-order valence-corrected chi connectivity index (χ1v) is 3.92. The number of Topliss-reactive ketones (excluding diaryl/α,β-unsaturated/α-hetero) is 1. The summed E-state index contributed by atoms with van der Waals surface area (Å²) in [6.07, 6.45) is 0. The van der Waals surface area contributed by atoms with Gasteiger partial charge in [-0.15, -0.1) is 0 Å². The number of carbonyl (C=O) groups is 1. The highest BCUT2D eigenvalue weighted by Gasteiger charge is 2.86. The van der Waals surface area contributed by atoms with E-state index in [0.717, 1.165) is 0 Å². The maximum atomic E-state index is 12.3. The molecule has 1 aliphatic rings. The fourth-order valence-corrected chi connectivity index (χ4v) is 1.61. The molecule has 0 spiro atoms. The normalized spacial score (nSPS) is 31.3. The number of halogens is 6. The van der Waals surface area contributed by atoms with Crippen molar-refractivity contribution < 1.29 is 22.4 Å². The van der Waals surface area contributed by atoms with Crippen molar-refractivity contribution in [3.63, 3.8) is 0 Å². The Kier molecular flexibility index (Phi) is 1.70. The lowest BCUT2D eigenvalue weighted by Crippen LogP contribution is -2.74. The average molecular weight is 300 g/mol. The molecule has 0 aliphatic heterocycles. The lowest BCUT2D eigenvalue weighted by molar-refractivity contribution is -0.247. The SMILES string of the molecule is O=C1C(F)(F)C(F)(F)C1(Br)Br. The van der Waals surface area contributed by atoms with Crippen molar-refractivity contribution in [2.75, 3.05) is 0 Å². The summed E-state index contributed by atoms with van der Waals surface area (Å²) in [6.45, 7) is 0. The van der Waals surface area contributed by atoms with Crippen LogP contribution < -0.4 is 0 Å². The average Bonchev–Trinajstić information content (AvgIpc) is 1.84. The number of ketones is 1. The van der Waals surface area contributed by atoms with Crippen LogP contribution in [0.25, 0.3) is 0 Å². The first kappa shape index (κ1) is 9.44. The van der Waals surface area contributed by atoms with Crippen LogP contribution in [-0.2, 0) is 4.79 Å². The topological polar surface area (TPSA) is 17.1 Å². The van der Waals surface area contributed by atoms with E-state index in [9.17, 15) is 22.4 Å². The Morgan fingerprint density at radius 1 is 1.09 bits per heavy atom. The minimum absolute atomic E-state index is 1.85. The van der Waals surface area contributed by atoms with Crippen molar-refractivity contribution in [2.45, 2.75) is 15.1 Å². The second-order valence-corrected chi connectivity index (χ2v) is 5.50. The highest BCUT2D eigenvalue weighted by Crippen LogP contribution is 2.62. The number of hydrogen-bond acceptors (Lipinski definition) is 1. The van der Waals surface area contributed by atoms with E-state index in [2.05, 4.69) is 31.9 Å². The maximum absolute atomic E-state index is 12.3. The van der Waals surface area contributed by atoms with Gasteiger partial charge in [-0.1, -0.05) is 31.9 Å². The molecule has 0 aromatic carbocycles. The summed E-state index contributed by atoms with van der Waals surface area (Å²) >= 11 is 4.33. The highest BCUT2D eigenvalue weighted by molar-refractivity contribution is 9.26. The fraction of sp³-hybridized carbons (Fsp3) is 0.750. The molecular formula is C4Br2F4O. The van der Waals surface area contributed by atoms with Gasteiger partial charge >= 0.3 is 11.8 Å². The van der Waals surface area contributed by atoms with Crippen LogP contribution in [0.1, 0.15) is 0 Å². The minimum Gasteiger partial charge on any atom is -0.290 e. The monoisotopic (exact) mass is 298 g/mol. The zero-order valence-electron chi connectivity index (χ0n) is 4.68. The third-order valence-corrected chi connectivity index (χ3v) is 3.08. The van der Waals surface area contributed by atoms with Crippen molar-refractivity contribution in [3.8, 4) is 0 Å². The predicted octanol–water partition coefficient (Wildman–Crippen LogP) is 2.33. The van der Waals surface area contributed by atoms with E-state index in [4.69, 9.17) is 0 Å². The van der Waals surface area contributed by atoms with Crippen LogP contribution >= 0.6 is 31.9 Å². The van der Waals surface area contributed by atoms with E-state index >= 15 is 0 Å². The van der Waals surface area contributed by atoms with E-state index in [0.29, 0.717) is 0 Å². The fourth-order valence-electron chi connectivity index (χ4n) is 0.617. The van der Waals surface area contributed by atoms with Gasteiger partial charge in [-0.25, -0.2) is 0 Å². The number of carbonyl (C=O) groups excluding carboxylic acids is 1. The molecule has 1 saturated carbocycles. The highest BCUT2D eigenvalue weighted by atomic mass is 79.9. The van der Waals surface area contributed by atoms with Gasteiger partial charge in [-0.05, 0) is 0 Å². The molecule has 7 heteroatoms. The van der Waals surface area contributed by atoms with E-state index in [1.54, 1.807) is 0 Å². The van der Waals surface area contributed by atoms with Gasteiger partial charge in [0.15, 0.2) is 0 Å². The maximum Gasteiger partial charge on any atom is 0.372 e. The molecule has 0 radical (unpaired) electrons. The van der Waals surface area contributed by atoms with Gasteiger partial charge in [0.1, 0.15) is 0 Å². The molecule has 0 bridgehead atoms. The van der Waals surface area contributed by atoms with E-state index < -0.39 is 20.9 Å². The zero-order chi connectivity index (χ0) is 9.08. The number of alkyl halides is 6. The minimum atomic E-state index is -4.56. The first-order valence-electron chi connectivity index (χ1n) is 2.34. The molecule has 1 aliphatic carbocycles. The summed E-state index contributed by atoms with van der Waals surface area (Å²) in [4.78, 5) is 10.3. The molecule has 11 heavy (non-hydrogen) atoms. The van der Waals surface area contributed by atoms with Crippen LogP contribution in [0, 0.1) is 0 Å². The van der Waals surface area contributed by atoms with Crippen LogP contribution in [0.5, 0.6) is 0 Å². The standard InChI is InChI=1S/C4Br2F4O/c5-2(6)1(11)3(7,8)4(2,9)10. The van der Waals surface area contributed by atoms with Crippen LogP contribution in [-0.4, -0.2) is 20.9 Å². The Bertz CT molecular complexity index is 204. The Morgan fingerprint density at radius 3 is 1.55 bits per heavy atom. The van der Waals surface area contributed by atoms with Gasteiger partial charge in [0.05, 0.1) is 0 Å². The van der Waals surface area contributed by atoms with E-state index in [-0.39, 0.29) is 0 Å². The molecule has 0 N–H and O–H groups in total. The van der Waals surface area contributed by atoms with Crippen LogP contribution in [0.15, 0.2) is 0 Å². The van der Waals surface area contributed by atoms with E-state index in [1.165, 1.54) is 0 Å². The summed E-state index contributed by atoms with van der Waals surface area (Å²) in [5.74, 6) is -10.8. The summed E-state index contributed by atoms with van der Waals surface area (Å²) < 4.78 is 46.1. The third-order valence-electron chi connectivity index (χ3n) is 1.36. The van der Waals surface area contributed by atoms with Crippen molar-refractivity contribution in [1.29, 1.82) is 0 Å². The molecular weight excluding hydrogens is 300 g/mol. The van der Waals surface area contributed by atoms with Crippen LogP contribution in [0.3, 0.4) is 0 Å². The van der Waals surface area contributed by atoms with Gasteiger partial charge in [0.2, 0.25) is 9.02 Å². The second-order valence-electron chi connectivity index (χ2n) is 2.05. The molecule has 0 amide bonds. The molecule has 0 heterocycles. The molecule has 0 aromatic rings. The van der Waals surface area contributed by atoms with Crippen molar-refractivity contribution >= 4 is 37.6 Å². The van der Waals surface area contributed by atoms with Gasteiger partial charge < -0.3 is 0 Å². The van der Waals surface area contributed by atoms with Gasteiger partial charge in [0, 0.05) is 0 Å². The first-order chi connectivity index (χ1) is 4.65. The van der Waals surface area contributed by atoms with Crippen molar-refractivity contribution in [3.05, 3.63) is 0 Å². The van der Waals surface area contributed by atoms with Crippen molar-refractivity contribution in [2.24, 2.45) is 0 Å². The summed E-state index contributed by atoms with van der Waals surface area (Å²) in [5.41, 5.74) is 0. The molecule has 1 nitrogen and oxygen atoms in total. The molecule has 0 aromatic heterocycles. The summed E-state index contributed by atoms with van der Waals surface area (Å²) in [5, 5.41) is 0. The van der Waals surface area contributed by atoms with Crippen LogP contribution in [0.4, 0.5) is 17.6 Å². The Balaban J connectivity index is 3.08. The van der Waals surface area contributed by atoms with E-state index in [1.807, 2.05) is 0 Å². The Hall–Kier alpha value is 0.350. The smallest absolute Gasteiger partial charge is 0.290 e. The molecule has 1 fully saturated rings. The number of hydrogen-bond donors (Lipinski definition) is 0. The van der Waals surface area contributed by atoms with Gasteiger partial charge in [-0.3, -0.25) is 4.79 Å². The van der Waals surface area contributed by atoms with Crippen LogP contribution in [0.2, 0.25) is 0 Å². The molecule has 0 saturated heterocycles. The van der Waals surface area contributed by atoms with Crippen molar-refractivity contribution in [1.82, 2.24) is 0 Å². The third kappa shape index (κ3) is 0.783. The lowest BCUT2D eigenvalue weighted by atomic mass is 9.87. The second kappa shape index (κ2) is 1.99. The Morgan fingerprint density at radius 2 is 1.45 bits per heavy atom. The zero-order valence-corrected chi connectivity index (χ0v) is 7.85. The molecule has 0 atom stereocenters. The lowest BCUT2D eigenvalue weighted by Gasteiger charge is -2.44. The predicted molar refractivity (Wildman–Crippen MR) is 35.5 cm³/mol. The largest absolute Gasteiger partial charge is 0.372 e. The quantitative estimate of drug-likeness (QED) is 0.496. The van der Waals surface area contributed by atoms with Gasteiger partial charge in [-0.2, -0.15) is 17.6 Å². The Labute approximate surface area is 75.4 Å². The summed E-state index contributed by atoms with van der Waals surface area (Å²) in [7, 11) is 0. The number of rotatable bonds is 0. The summed E-state index contributed by atoms with van der Waals surface area (Å²) in [6, 6.07) is 0. The molecule has 64 valence electrons.